The summed E-state index contributed by atoms with van der Waals surface area (Å²) in [5, 5.41) is 11.6. The van der Waals surface area contributed by atoms with Gasteiger partial charge in [-0.25, -0.2) is 9.78 Å². The highest BCUT2D eigenvalue weighted by Crippen LogP contribution is 2.47. The predicted octanol–water partition coefficient (Wildman–Crippen LogP) is 1.68. The number of rotatable bonds is 3. The third-order valence-corrected chi connectivity index (χ3v) is 4.24. The maximum absolute atomic E-state index is 12.4. The van der Waals surface area contributed by atoms with Crippen molar-refractivity contribution in [2.75, 3.05) is 5.32 Å². The first kappa shape index (κ1) is 13.1. The van der Waals surface area contributed by atoms with E-state index in [2.05, 4.69) is 10.3 Å². The number of carbonyl (C=O) groups excluding carboxylic acids is 1. The molecule has 2 aliphatic rings. The third-order valence-electron chi connectivity index (χ3n) is 4.24. The van der Waals surface area contributed by atoms with Crippen molar-refractivity contribution in [1.29, 1.82) is 0 Å². The Balaban J connectivity index is 1.76. The van der Waals surface area contributed by atoms with E-state index in [1.54, 1.807) is 0 Å². The van der Waals surface area contributed by atoms with Gasteiger partial charge in [0.25, 0.3) is 0 Å². The summed E-state index contributed by atoms with van der Waals surface area (Å²) in [6.07, 6.45) is 4.13. The average molecular weight is 276 g/mol. The summed E-state index contributed by atoms with van der Waals surface area (Å²) < 4.78 is 5.73. The number of carbonyl (C=O) groups is 2. The molecule has 0 saturated carbocycles. The quantitative estimate of drug-likeness (QED) is 0.876. The maximum atomic E-state index is 12.4. The number of carboxylic acid groups (broad SMARTS) is 1. The molecule has 2 bridgehead atoms. The Hall–Kier alpha value is -1.95. The summed E-state index contributed by atoms with van der Waals surface area (Å²) in [5.41, 5.74) is -0.450. The van der Waals surface area contributed by atoms with Crippen molar-refractivity contribution in [3.05, 3.63) is 23.9 Å². The molecule has 2 aliphatic heterocycles. The van der Waals surface area contributed by atoms with Crippen molar-refractivity contribution < 1.29 is 19.4 Å². The molecule has 2 fully saturated rings. The lowest BCUT2D eigenvalue weighted by Crippen LogP contribution is -2.41. The number of amides is 1. The first-order valence-electron chi connectivity index (χ1n) is 6.65. The molecule has 106 valence electrons. The zero-order valence-electron chi connectivity index (χ0n) is 11.1. The van der Waals surface area contributed by atoms with Gasteiger partial charge in [0.1, 0.15) is 5.82 Å². The maximum Gasteiger partial charge on any atom is 0.335 e. The Morgan fingerprint density at radius 1 is 1.50 bits per heavy atom. The van der Waals surface area contributed by atoms with Gasteiger partial charge in [-0.15, -0.1) is 0 Å². The standard InChI is InChI=1S/C14H16N2O4/c1-14(7-9-2-3-10(14)20-9)13(19)16-11-6-8(12(17)18)4-5-15-11/h4-6,9-10H,2-3,7H2,1H3,(H,17,18)(H,15,16,19). The fourth-order valence-corrected chi connectivity index (χ4v) is 3.06. The molecular formula is C14H16N2O4. The Labute approximate surface area is 116 Å². The Morgan fingerprint density at radius 2 is 2.30 bits per heavy atom. The summed E-state index contributed by atoms with van der Waals surface area (Å²) in [5.74, 6) is -0.934. The Morgan fingerprint density at radius 3 is 2.90 bits per heavy atom. The Bertz CT molecular complexity index is 574. The molecule has 2 saturated heterocycles. The van der Waals surface area contributed by atoms with Crippen LogP contribution in [0, 0.1) is 5.41 Å². The number of fused-ring (bicyclic) bond motifs is 2. The van der Waals surface area contributed by atoms with Gasteiger partial charge in [-0.3, -0.25) is 4.79 Å². The molecule has 0 aliphatic carbocycles. The Kier molecular flexibility index (Phi) is 2.97. The van der Waals surface area contributed by atoms with Gasteiger partial charge in [0.2, 0.25) is 5.91 Å². The van der Waals surface area contributed by atoms with Crippen LogP contribution in [0.25, 0.3) is 0 Å². The molecule has 6 heteroatoms. The van der Waals surface area contributed by atoms with Crippen molar-refractivity contribution in [3.8, 4) is 0 Å². The molecule has 1 aromatic heterocycles. The van der Waals surface area contributed by atoms with Crippen LogP contribution in [-0.4, -0.2) is 34.2 Å². The van der Waals surface area contributed by atoms with Crippen molar-refractivity contribution in [1.82, 2.24) is 4.98 Å². The second-order valence-electron chi connectivity index (χ2n) is 5.63. The third kappa shape index (κ3) is 2.06. The van der Waals surface area contributed by atoms with Gasteiger partial charge >= 0.3 is 5.97 Å². The molecule has 0 spiro atoms. The highest BCUT2D eigenvalue weighted by atomic mass is 16.5. The minimum atomic E-state index is -1.04. The van der Waals surface area contributed by atoms with Crippen LogP contribution in [0.4, 0.5) is 5.82 Å². The smallest absolute Gasteiger partial charge is 0.335 e. The molecule has 0 aromatic carbocycles. The second kappa shape index (κ2) is 4.56. The van der Waals surface area contributed by atoms with E-state index in [0.29, 0.717) is 6.42 Å². The van der Waals surface area contributed by atoms with Gasteiger partial charge in [-0.1, -0.05) is 0 Å². The van der Waals surface area contributed by atoms with Crippen LogP contribution in [0.3, 0.4) is 0 Å². The molecule has 0 radical (unpaired) electrons. The minimum absolute atomic E-state index is 0.0462. The van der Waals surface area contributed by atoms with Gasteiger partial charge < -0.3 is 15.2 Å². The van der Waals surface area contributed by atoms with Crippen LogP contribution in [0.5, 0.6) is 0 Å². The number of carboxylic acids is 1. The molecule has 3 rings (SSSR count). The predicted molar refractivity (Wildman–Crippen MR) is 70.4 cm³/mol. The number of nitrogens with one attached hydrogen (secondary N) is 1. The van der Waals surface area contributed by atoms with E-state index < -0.39 is 11.4 Å². The van der Waals surface area contributed by atoms with Crippen molar-refractivity contribution in [2.45, 2.75) is 38.4 Å². The molecular weight excluding hydrogens is 260 g/mol. The van der Waals surface area contributed by atoms with E-state index in [0.717, 1.165) is 12.8 Å². The number of anilines is 1. The molecule has 6 nitrogen and oxygen atoms in total. The average Bonchev–Trinajstić information content (AvgIpc) is 2.99. The SMILES string of the molecule is CC1(C(=O)Nc2cc(C(=O)O)ccn2)CC2CCC1O2. The van der Waals surface area contributed by atoms with Crippen LogP contribution < -0.4 is 5.32 Å². The van der Waals surface area contributed by atoms with Crippen LogP contribution >= 0.6 is 0 Å². The number of ether oxygens (including phenoxy) is 1. The van der Waals surface area contributed by atoms with Gasteiger partial charge in [-0.05, 0) is 38.3 Å². The van der Waals surface area contributed by atoms with Crippen LogP contribution in [-0.2, 0) is 9.53 Å². The molecule has 1 aromatic rings. The highest BCUT2D eigenvalue weighted by Gasteiger charge is 2.53. The second-order valence-corrected chi connectivity index (χ2v) is 5.63. The van der Waals surface area contributed by atoms with Crippen molar-refractivity contribution >= 4 is 17.7 Å². The lowest BCUT2D eigenvalue weighted by atomic mass is 9.75. The monoisotopic (exact) mass is 276 g/mol. The van der Waals surface area contributed by atoms with E-state index in [4.69, 9.17) is 9.84 Å². The number of hydrogen-bond donors (Lipinski definition) is 2. The summed E-state index contributed by atoms with van der Waals surface area (Å²) >= 11 is 0. The first-order valence-corrected chi connectivity index (χ1v) is 6.65. The summed E-state index contributed by atoms with van der Waals surface area (Å²) in [7, 11) is 0. The number of nitrogens with zero attached hydrogens (tertiary/aromatic N) is 1. The van der Waals surface area contributed by atoms with Crippen LogP contribution in [0.2, 0.25) is 0 Å². The van der Waals surface area contributed by atoms with Gasteiger partial charge in [-0.2, -0.15) is 0 Å². The van der Waals surface area contributed by atoms with Crippen LogP contribution in [0.15, 0.2) is 18.3 Å². The topological polar surface area (TPSA) is 88.5 Å². The summed E-state index contributed by atoms with van der Waals surface area (Å²) in [6, 6.07) is 2.75. The fourth-order valence-electron chi connectivity index (χ4n) is 3.06. The number of hydrogen-bond acceptors (Lipinski definition) is 4. The number of aromatic nitrogens is 1. The van der Waals surface area contributed by atoms with E-state index in [1.807, 2.05) is 6.92 Å². The van der Waals surface area contributed by atoms with E-state index in [9.17, 15) is 9.59 Å². The largest absolute Gasteiger partial charge is 0.478 e. The normalized spacial score (nSPS) is 31.2. The summed E-state index contributed by atoms with van der Waals surface area (Å²) in [6.45, 7) is 1.90. The molecule has 3 unspecified atom stereocenters. The molecule has 3 atom stereocenters. The van der Waals surface area contributed by atoms with Crippen molar-refractivity contribution in [3.63, 3.8) is 0 Å². The molecule has 2 N–H and O–H groups in total. The van der Waals surface area contributed by atoms with E-state index in [-0.39, 0.29) is 29.5 Å². The first-order chi connectivity index (χ1) is 9.49. The molecule has 3 heterocycles. The fraction of sp³-hybridized carbons (Fsp3) is 0.500. The van der Waals surface area contributed by atoms with Gasteiger partial charge in [0, 0.05) is 6.20 Å². The highest BCUT2D eigenvalue weighted by molar-refractivity contribution is 5.96. The van der Waals surface area contributed by atoms with Crippen LogP contribution in [0.1, 0.15) is 36.5 Å². The van der Waals surface area contributed by atoms with E-state index >= 15 is 0 Å². The lowest BCUT2D eigenvalue weighted by molar-refractivity contribution is -0.127. The summed E-state index contributed by atoms with van der Waals surface area (Å²) in [4.78, 5) is 27.3. The van der Waals surface area contributed by atoms with Crippen molar-refractivity contribution in [2.24, 2.45) is 5.41 Å². The molecule has 20 heavy (non-hydrogen) atoms. The zero-order chi connectivity index (χ0) is 14.3. The number of pyridine rings is 1. The number of aromatic carboxylic acids is 1. The zero-order valence-corrected chi connectivity index (χ0v) is 11.1. The lowest BCUT2D eigenvalue weighted by Gasteiger charge is -2.29. The van der Waals surface area contributed by atoms with Gasteiger partial charge in [0.15, 0.2) is 0 Å². The van der Waals surface area contributed by atoms with E-state index in [1.165, 1.54) is 18.3 Å². The minimum Gasteiger partial charge on any atom is -0.478 e. The molecule has 1 amide bonds. The van der Waals surface area contributed by atoms with Gasteiger partial charge in [0.05, 0.1) is 23.2 Å².